The largest absolute Gasteiger partial charge is 0.392 e. The molecule has 0 spiro atoms. The van der Waals surface area contributed by atoms with Gasteiger partial charge in [0, 0.05) is 12.7 Å². The van der Waals surface area contributed by atoms with Crippen molar-refractivity contribution >= 4 is 0 Å². The fourth-order valence-corrected chi connectivity index (χ4v) is 6.97. The highest BCUT2D eigenvalue weighted by Gasteiger charge is 2.52. The second-order valence-electron chi connectivity index (χ2n) is 12.8. The minimum atomic E-state index is 0.316. The number of hydrogen-bond acceptors (Lipinski definition) is 1. The summed E-state index contributed by atoms with van der Waals surface area (Å²) < 4.78 is 0. The zero-order chi connectivity index (χ0) is 25.8. The van der Waals surface area contributed by atoms with Crippen LogP contribution in [0.4, 0.5) is 0 Å². The average Bonchev–Trinajstić information content (AvgIpc) is 3.09. The van der Waals surface area contributed by atoms with E-state index in [1.54, 1.807) is 5.57 Å². The molecule has 34 heavy (non-hydrogen) atoms. The first-order valence-electron chi connectivity index (χ1n) is 15.1. The number of hydrogen-bond donors (Lipinski definition) is 1. The molecule has 0 heterocycles. The summed E-state index contributed by atoms with van der Waals surface area (Å²) in [5, 5.41) is 3.21. The minimum Gasteiger partial charge on any atom is -0.392 e. The van der Waals surface area contributed by atoms with Crippen molar-refractivity contribution in [3.63, 3.8) is 0 Å². The van der Waals surface area contributed by atoms with Crippen LogP contribution >= 0.6 is 0 Å². The van der Waals surface area contributed by atoms with Gasteiger partial charge in [0.25, 0.3) is 0 Å². The first-order valence-corrected chi connectivity index (χ1v) is 15.1. The first kappa shape index (κ1) is 31.3. The van der Waals surface area contributed by atoms with Gasteiger partial charge in [0.1, 0.15) is 0 Å². The van der Waals surface area contributed by atoms with E-state index in [0.717, 1.165) is 17.8 Å². The average molecular weight is 474 g/mol. The lowest BCUT2D eigenvalue weighted by Crippen LogP contribution is -2.28. The van der Waals surface area contributed by atoms with Crippen molar-refractivity contribution in [2.24, 2.45) is 34.5 Å². The SMILES string of the molecule is C=C(NC)C(C)CCCCCC(=C)C1(C)CC(C(C)(C)CCCCCCCCC)C(CC)C1C. The molecule has 0 amide bonds. The predicted molar refractivity (Wildman–Crippen MR) is 155 cm³/mol. The van der Waals surface area contributed by atoms with Crippen molar-refractivity contribution in [2.45, 2.75) is 145 Å². The molecule has 0 aromatic rings. The van der Waals surface area contributed by atoms with Gasteiger partial charge in [0.05, 0.1) is 0 Å². The van der Waals surface area contributed by atoms with Crippen molar-refractivity contribution < 1.29 is 0 Å². The molecule has 1 fully saturated rings. The third-order valence-electron chi connectivity index (χ3n) is 10.0. The van der Waals surface area contributed by atoms with E-state index in [0.29, 0.717) is 16.7 Å². The molecule has 0 aromatic heterocycles. The van der Waals surface area contributed by atoms with Crippen LogP contribution in [-0.4, -0.2) is 7.05 Å². The summed E-state index contributed by atoms with van der Waals surface area (Å²) >= 11 is 0. The molecule has 1 heteroatoms. The Balaban J connectivity index is 2.57. The molecule has 1 aliphatic carbocycles. The third kappa shape index (κ3) is 9.05. The van der Waals surface area contributed by atoms with Crippen LogP contribution in [0.15, 0.2) is 24.4 Å². The highest BCUT2D eigenvalue weighted by molar-refractivity contribution is 5.17. The Morgan fingerprint density at radius 2 is 1.56 bits per heavy atom. The van der Waals surface area contributed by atoms with E-state index in [4.69, 9.17) is 6.58 Å². The molecule has 0 aliphatic heterocycles. The molecule has 1 saturated carbocycles. The zero-order valence-corrected chi connectivity index (χ0v) is 24.8. The second kappa shape index (κ2) is 15.4. The summed E-state index contributed by atoms with van der Waals surface area (Å²) in [5.74, 6) is 3.00. The van der Waals surface area contributed by atoms with E-state index in [1.807, 2.05) is 7.05 Å². The van der Waals surface area contributed by atoms with Crippen molar-refractivity contribution in [1.82, 2.24) is 5.32 Å². The Kier molecular flexibility index (Phi) is 14.2. The van der Waals surface area contributed by atoms with Crippen LogP contribution in [0.1, 0.15) is 145 Å². The van der Waals surface area contributed by atoms with Crippen LogP contribution in [-0.2, 0) is 0 Å². The molecule has 0 radical (unpaired) electrons. The summed E-state index contributed by atoms with van der Waals surface area (Å²) in [5.41, 5.74) is 3.48. The Morgan fingerprint density at radius 1 is 0.971 bits per heavy atom. The molecule has 5 atom stereocenters. The molecule has 5 unspecified atom stereocenters. The zero-order valence-electron chi connectivity index (χ0n) is 24.8. The standard InChI is InChI=1S/C33H63N/c1-11-13-14-15-16-17-21-24-32(7,8)31-25-33(9,28(5)30(31)12-2)27(4)23-20-18-19-22-26(3)29(6)34-10/h26,28,30-31,34H,4,6,11-25H2,1-3,5,7-10H3. The van der Waals surface area contributed by atoms with Crippen LogP contribution < -0.4 is 5.32 Å². The normalized spacial score (nSPS) is 25.9. The molecule has 200 valence electrons. The smallest absolute Gasteiger partial charge is 0.00597 e. The lowest BCUT2D eigenvalue weighted by molar-refractivity contribution is 0.129. The summed E-state index contributed by atoms with van der Waals surface area (Å²) in [6.45, 7) is 26.1. The van der Waals surface area contributed by atoms with Gasteiger partial charge in [0.2, 0.25) is 0 Å². The summed E-state index contributed by atoms with van der Waals surface area (Å²) in [4.78, 5) is 0. The van der Waals surface area contributed by atoms with E-state index in [-0.39, 0.29) is 0 Å². The lowest BCUT2D eigenvalue weighted by Gasteiger charge is -2.37. The molecular formula is C33H63N. The van der Waals surface area contributed by atoms with Gasteiger partial charge < -0.3 is 5.32 Å². The molecule has 0 saturated heterocycles. The molecule has 0 aromatic carbocycles. The van der Waals surface area contributed by atoms with Gasteiger partial charge in [-0.2, -0.15) is 0 Å². The summed E-state index contributed by atoms with van der Waals surface area (Å²) in [7, 11) is 1.99. The van der Waals surface area contributed by atoms with E-state index < -0.39 is 0 Å². The Labute approximate surface area is 216 Å². The fraction of sp³-hybridized carbons (Fsp3) is 0.879. The maximum absolute atomic E-state index is 4.71. The topological polar surface area (TPSA) is 12.0 Å². The second-order valence-corrected chi connectivity index (χ2v) is 12.8. The highest BCUT2D eigenvalue weighted by atomic mass is 14.8. The molecule has 0 bridgehead atoms. The monoisotopic (exact) mass is 473 g/mol. The van der Waals surface area contributed by atoms with Gasteiger partial charge in [-0.25, -0.2) is 0 Å². The van der Waals surface area contributed by atoms with Crippen molar-refractivity contribution in [2.75, 3.05) is 7.05 Å². The van der Waals surface area contributed by atoms with Crippen LogP contribution in [0.2, 0.25) is 0 Å². The van der Waals surface area contributed by atoms with Gasteiger partial charge >= 0.3 is 0 Å². The maximum Gasteiger partial charge on any atom is 0.00597 e. The quantitative estimate of drug-likeness (QED) is 0.145. The fourth-order valence-electron chi connectivity index (χ4n) is 6.97. The number of allylic oxidation sites excluding steroid dienone is 2. The Bertz CT molecular complexity index is 587. The van der Waals surface area contributed by atoms with E-state index >= 15 is 0 Å². The van der Waals surface area contributed by atoms with E-state index in [1.165, 1.54) is 102 Å². The minimum absolute atomic E-state index is 0.316. The number of unbranched alkanes of at least 4 members (excludes halogenated alkanes) is 8. The van der Waals surface area contributed by atoms with Crippen molar-refractivity contribution in [3.05, 3.63) is 24.4 Å². The molecule has 1 aliphatic rings. The van der Waals surface area contributed by atoms with Gasteiger partial charge in [-0.3, -0.25) is 0 Å². The van der Waals surface area contributed by atoms with Crippen LogP contribution in [0.25, 0.3) is 0 Å². The highest BCUT2D eigenvalue weighted by Crippen LogP contribution is 2.60. The molecular weight excluding hydrogens is 410 g/mol. The Morgan fingerprint density at radius 3 is 2.15 bits per heavy atom. The first-order chi connectivity index (χ1) is 16.0. The lowest BCUT2D eigenvalue weighted by atomic mass is 9.68. The van der Waals surface area contributed by atoms with E-state index in [2.05, 4.69) is 60.4 Å². The number of nitrogens with one attached hydrogen (secondary N) is 1. The third-order valence-corrected chi connectivity index (χ3v) is 10.0. The summed E-state index contributed by atoms with van der Waals surface area (Å²) in [6, 6.07) is 0. The van der Waals surface area contributed by atoms with Crippen molar-refractivity contribution in [3.8, 4) is 0 Å². The van der Waals surface area contributed by atoms with Crippen molar-refractivity contribution in [1.29, 1.82) is 0 Å². The Hall–Kier alpha value is -0.720. The van der Waals surface area contributed by atoms with Gasteiger partial charge in [-0.15, -0.1) is 0 Å². The predicted octanol–water partition coefficient (Wildman–Crippen LogP) is 10.7. The van der Waals surface area contributed by atoms with Crippen LogP contribution in [0.5, 0.6) is 0 Å². The molecule has 1 N–H and O–H groups in total. The maximum atomic E-state index is 4.71. The van der Waals surface area contributed by atoms with Gasteiger partial charge in [-0.1, -0.05) is 131 Å². The van der Waals surface area contributed by atoms with Crippen LogP contribution in [0.3, 0.4) is 0 Å². The molecule has 1 rings (SSSR count). The van der Waals surface area contributed by atoms with E-state index in [9.17, 15) is 0 Å². The van der Waals surface area contributed by atoms with Gasteiger partial charge in [0.15, 0.2) is 0 Å². The van der Waals surface area contributed by atoms with Crippen LogP contribution in [0, 0.1) is 34.5 Å². The summed E-state index contributed by atoms with van der Waals surface area (Å²) in [6.07, 6.45) is 20.3. The number of rotatable bonds is 19. The van der Waals surface area contributed by atoms with Gasteiger partial charge in [-0.05, 0) is 66.6 Å². The molecule has 1 nitrogen and oxygen atoms in total.